The first-order valence-electron chi connectivity index (χ1n) is 7.16. The highest BCUT2D eigenvalue weighted by molar-refractivity contribution is 7.22. The van der Waals surface area contributed by atoms with E-state index in [-0.39, 0.29) is 0 Å². The van der Waals surface area contributed by atoms with Crippen LogP contribution < -0.4 is 11.2 Å². The molecule has 1 aliphatic carbocycles. The van der Waals surface area contributed by atoms with Crippen molar-refractivity contribution in [2.75, 3.05) is 5.73 Å². The Morgan fingerprint density at radius 3 is 2.91 bits per heavy atom. The Morgan fingerprint density at radius 1 is 1.27 bits per heavy atom. The predicted molar refractivity (Wildman–Crippen MR) is 86.3 cm³/mol. The van der Waals surface area contributed by atoms with E-state index in [2.05, 4.69) is 6.07 Å². The second-order valence-electron chi connectivity index (χ2n) is 5.49. The highest BCUT2D eigenvalue weighted by Gasteiger charge is 2.19. The minimum atomic E-state index is -0.481. The lowest BCUT2D eigenvalue weighted by atomic mass is 9.95. The van der Waals surface area contributed by atoms with Crippen molar-refractivity contribution < 1.29 is 9.52 Å². The average Bonchev–Trinajstić information content (AvgIpc) is 2.84. The third kappa shape index (κ3) is 1.99. The number of nitrogens with zero attached hydrogens (tertiary/aromatic N) is 1. The number of nitrogen functional groups attached to an aromatic ring is 1. The van der Waals surface area contributed by atoms with E-state index in [0.717, 1.165) is 35.0 Å². The normalized spacial score (nSPS) is 14.2. The van der Waals surface area contributed by atoms with Crippen LogP contribution in [0.5, 0.6) is 5.75 Å². The summed E-state index contributed by atoms with van der Waals surface area (Å²) < 4.78 is 5.31. The number of aromatic hydroxyl groups is 1. The number of anilines is 1. The van der Waals surface area contributed by atoms with Crippen LogP contribution in [0.3, 0.4) is 0 Å². The van der Waals surface area contributed by atoms with Crippen LogP contribution in [0, 0.1) is 0 Å². The molecule has 6 heteroatoms. The molecule has 0 aliphatic heterocycles. The van der Waals surface area contributed by atoms with Gasteiger partial charge in [0.15, 0.2) is 5.75 Å². The summed E-state index contributed by atoms with van der Waals surface area (Å²) in [6.07, 6.45) is 5.44. The topological polar surface area (TPSA) is 89.4 Å². The summed E-state index contributed by atoms with van der Waals surface area (Å²) >= 11 is 1.41. The van der Waals surface area contributed by atoms with Gasteiger partial charge in [-0.25, -0.2) is 4.98 Å². The SMILES string of the molecule is Nc1c(-c2cc(=O)c(O)co2)sc2nc3c(cc12)CCCC3. The summed E-state index contributed by atoms with van der Waals surface area (Å²) in [4.78, 5) is 17.9. The van der Waals surface area contributed by atoms with Gasteiger partial charge in [-0.15, -0.1) is 11.3 Å². The molecular weight excluding hydrogens is 300 g/mol. The van der Waals surface area contributed by atoms with E-state index in [4.69, 9.17) is 15.1 Å². The Morgan fingerprint density at radius 2 is 2.09 bits per heavy atom. The van der Waals surface area contributed by atoms with Gasteiger partial charge in [0.05, 0.1) is 10.6 Å². The van der Waals surface area contributed by atoms with Gasteiger partial charge in [-0.1, -0.05) is 0 Å². The molecule has 0 saturated heterocycles. The Balaban J connectivity index is 1.93. The molecule has 3 N–H and O–H groups in total. The summed E-state index contributed by atoms with van der Waals surface area (Å²) in [6, 6.07) is 3.38. The van der Waals surface area contributed by atoms with Crippen LogP contribution in [0.1, 0.15) is 24.1 Å². The minimum Gasteiger partial charge on any atom is -0.502 e. The van der Waals surface area contributed by atoms with Gasteiger partial charge in [0, 0.05) is 17.1 Å². The molecule has 3 aromatic heterocycles. The van der Waals surface area contributed by atoms with Gasteiger partial charge in [-0.2, -0.15) is 0 Å². The molecule has 0 spiro atoms. The molecule has 3 heterocycles. The fourth-order valence-corrected chi connectivity index (χ4v) is 3.92. The quantitative estimate of drug-likeness (QED) is 0.720. The van der Waals surface area contributed by atoms with E-state index >= 15 is 0 Å². The lowest BCUT2D eigenvalue weighted by molar-refractivity contribution is 0.434. The van der Waals surface area contributed by atoms with Gasteiger partial charge in [0.25, 0.3) is 0 Å². The maximum absolute atomic E-state index is 11.6. The Bertz CT molecular complexity index is 942. The van der Waals surface area contributed by atoms with Crippen molar-refractivity contribution in [1.82, 2.24) is 4.98 Å². The second kappa shape index (κ2) is 4.84. The first kappa shape index (κ1) is 13.3. The average molecular weight is 314 g/mol. The molecule has 0 atom stereocenters. The number of aromatic nitrogens is 1. The zero-order chi connectivity index (χ0) is 15.3. The monoisotopic (exact) mass is 314 g/mol. The lowest BCUT2D eigenvalue weighted by Gasteiger charge is -2.14. The Labute approximate surface area is 130 Å². The molecule has 0 amide bonds. The van der Waals surface area contributed by atoms with Gasteiger partial charge < -0.3 is 15.3 Å². The highest BCUT2D eigenvalue weighted by atomic mass is 32.1. The molecule has 5 nitrogen and oxygen atoms in total. The van der Waals surface area contributed by atoms with Gasteiger partial charge in [0.2, 0.25) is 5.43 Å². The predicted octanol–water partition coefficient (Wildman–Crippen LogP) is 3.08. The zero-order valence-corrected chi connectivity index (χ0v) is 12.6. The molecule has 0 unspecified atom stereocenters. The van der Waals surface area contributed by atoms with E-state index in [0.29, 0.717) is 16.3 Å². The van der Waals surface area contributed by atoms with E-state index < -0.39 is 11.2 Å². The van der Waals surface area contributed by atoms with Gasteiger partial charge >= 0.3 is 0 Å². The number of aryl methyl sites for hydroxylation is 2. The summed E-state index contributed by atoms with van der Waals surface area (Å²) in [5.74, 6) is -0.0432. The minimum absolute atomic E-state index is 0.362. The van der Waals surface area contributed by atoms with Gasteiger partial charge in [0.1, 0.15) is 16.9 Å². The van der Waals surface area contributed by atoms with Crippen molar-refractivity contribution in [3.05, 3.63) is 39.9 Å². The summed E-state index contributed by atoms with van der Waals surface area (Å²) in [5.41, 5.74) is 8.75. The molecule has 0 bridgehead atoms. The van der Waals surface area contributed by atoms with Gasteiger partial charge in [-0.3, -0.25) is 4.79 Å². The van der Waals surface area contributed by atoms with Gasteiger partial charge in [-0.05, 0) is 37.3 Å². The number of pyridine rings is 1. The Kier molecular flexibility index (Phi) is 2.94. The molecule has 0 radical (unpaired) electrons. The van der Waals surface area contributed by atoms with Crippen LogP contribution in [-0.2, 0) is 12.8 Å². The zero-order valence-electron chi connectivity index (χ0n) is 11.8. The molecule has 0 fully saturated rings. The number of rotatable bonds is 1. The number of hydrogen-bond acceptors (Lipinski definition) is 6. The van der Waals surface area contributed by atoms with Crippen molar-refractivity contribution in [3.8, 4) is 16.4 Å². The summed E-state index contributed by atoms with van der Waals surface area (Å²) in [6.45, 7) is 0. The maximum atomic E-state index is 11.6. The van der Waals surface area contributed by atoms with E-state index in [1.807, 2.05) is 0 Å². The highest BCUT2D eigenvalue weighted by Crippen LogP contribution is 2.41. The second-order valence-corrected chi connectivity index (χ2v) is 6.49. The number of nitrogens with two attached hydrogens (primary N) is 1. The Hall–Kier alpha value is -2.34. The molecule has 112 valence electrons. The summed E-state index contributed by atoms with van der Waals surface area (Å²) in [7, 11) is 0. The molecule has 22 heavy (non-hydrogen) atoms. The fraction of sp³-hybridized carbons (Fsp3) is 0.250. The van der Waals surface area contributed by atoms with Crippen molar-refractivity contribution in [2.45, 2.75) is 25.7 Å². The molecular formula is C16H14N2O3S. The van der Waals surface area contributed by atoms with Crippen LogP contribution >= 0.6 is 11.3 Å². The molecule has 0 saturated carbocycles. The number of hydrogen-bond donors (Lipinski definition) is 2. The molecule has 0 aromatic carbocycles. The standard InChI is InChI=1S/C16H14N2O3S/c17-14-9-5-8-3-1-2-4-10(8)18-16(9)22-15(14)13-6-11(19)12(20)7-21-13/h5-7,20H,1-4,17H2. The van der Waals surface area contributed by atoms with Crippen LogP contribution in [0.2, 0.25) is 0 Å². The van der Waals surface area contributed by atoms with Crippen molar-refractivity contribution >= 4 is 27.2 Å². The summed E-state index contributed by atoms with van der Waals surface area (Å²) in [5, 5.41) is 10.2. The molecule has 1 aliphatic rings. The fourth-order valence-electron chi connectivity index (χ4n) is 2.87. The third-order valence-electron chi connectivity index (χ3n) is 4.04. The van der Waals surface area contributed by atoms with Crippen LogP contribution in [0.25, 0.3) is 20.9 Å². The van der Waals surface area contributed by atoms with Crippen LogP contribution in [0.4, 0.5) is 5.69 Å². The molecule has 4 rings (SSSR count). The number of fused-ring (bicyclic) bond motifs is 2. The van der Waals surface area contributed by atoms with E-state index in [1.54, 1.807) is 0 Å². The first-order chi connectivity index (χ1) is 10.6. The van der Waals surface area contributed by atoms with Crippen molar-refractivity contribution in [1.29, 1.82) is 0 Å². The number of thiophene rings is 1. The largest absolute Gasteiger partial charge is 0.502 e. The van der Waals surface area contributed by atoms with E-state index in [1.165, 1.54) is 35.8 Å². The lowest BCUT2D eigenvalue weighted by Crippen LogP contribution is -2.04. The maximum Gasteiger partial charge on any atom is 0.227 e. The van der Waals surface area contributed by atoms with E-state index in [9.17, 15) is 9.90 Å². The van der Waals surface area contributed by atoms with Crippen molar-refractivity contribution in [3.63, 3.8) is 0 Å². The smallest absolute Gasteiger partial charge is 0.227 e. The van der Waals surface area contributed by atoms with Crippen molar-refractivity contribution in [2.24, 2.45) is 0 Å². The third-order valence-corrected chi connectivity index (χ3v) is 5.17. The van der Waals surface area contributed by atoms with Crippen LogP contribution in [0.15, 0.2) is 27.6 Å². The van der Waals surface area contributed by atoms with Crippen LogP contribution in [-0.4, -0.2) is 10.1 Å². The molecule has 3 aromatic rings. The first-order valence-corrected chi connectivity index (χ1v) is 7.98.